The average molecular weight is 326 g/mol. The van der Waals surface area contributed by atoms with Crippen LogP contribution in [-0.2, 0) is 0 Å². The number of rotatable bonds is 5. The van der Waals surface area contributed by atoms with E-state index in [0.717, 1.165) is 28.9 Å². The summed E-state index contributed by atoms with van der Waals surface area (Å²) in [7, 11) is 0. The minimum absolute atomic E-state index is 0.348. The van der Waals surface area contributed by atoms with Gasteiger partial charge in [-0.2, -0.15) is 0 Å². The molecular weight excluding hydrogens is 302 g/mol. The first-order valence-corrected chi connectivity index (χ1v) is 8.14. The zero-order valence-electron chi connectivity index (χ0n) is 11.7. The van der Waals surface area contributed by atoms with Crippen molar-refractivity contribution in [2.75, 3.05) is 19.6 Å². The van der Waals surface area contributed by atoms with E-state index in [1.807, 2.05) is 24.3 Å². The summed E-state index contributed by atoms with van der Waals surface area (Å²) in [6.07, 6.45) is 4.45. The third-order valence-corrected chi connectivity index (χ3v) is 4.63. The van der Waals surface area contributed by atoms with Gasteiger partial charge in [-0.1, -0.05) is 41.4 Å². The van der Waals surface area contributed by atoms with Gasteiger partial charge in [0.25, 0.3) is 0 Å². The Balaban J connectivity index is 1.81. The minimum Gasteiger partial charge on any atom is -0.388 e. The van der Waals surface area contributed by atoms with E-state index >= 15 is 0 Å². The lowest BCUT2D eigenvalue weighted by Gasteiger charge is -2.32. The van der Waals surface area contributed by atoms with Crippen molar-refractivity contribution in [3.8, 4) is 0 Å². The van der Waals surface area contributed by atoms with Gasteiger partial charge in [0.15, 0.2) is 0 Å². The summed E-state index contributed by atoms with van der Waals surface area (Å²) in [4.78, 5) is 2.51. The van der Waals surface area contributed by atoms with Crippen molar-refractivity contribution >= 4 is 15.9 Å². The van der Waals surface area contributed by atoms with Gasteiger partial charge < -0.3 is 10.0 Å². The molecule has 1 N–H and O–H groups in total. The SMILES string of the molecule is CCC1CCCN(CCC(O)c2cccc(Br)c2)C1. The molecular formula is C16H24BrNO. The smallest absolute Gasteiger partial charge is 0.0802 e. The Morgan fingerprint density at radius 1 is 1.47 bits per heavy atom. The maximum Gasteiger partial charge on any atom is 0.0802 e. The van der Waals surface area contributed by atoms with Crippen LogP contribution >= 0.6 is 15.9 Å². The topological polar surface area (TPSA) is 23.5 Å². The van der Waals surface area contributed by atoms with E-state index in [1.54, 1.807) is 0 Å². The number of aliphatic hydroxyl groups excluding tert-OH is 1. The molecule has 0 amide bonds. The minimum atomic E-state index is -0.348. The zero-order chi connectivity index (χ0) is 13.7. The van der Waals surface area contributed by atoms with E-state index in [1.165, 1.54) is 32.4 Å². The molecule has 1 saturated heterocycles. The summed E-state index contributed by atoms with van der Waals surface area (Å²) in [6.45, 7) is 5.69. The molecule has 106 valence electrons. The number of benzene rings is 1. The van der Waals surface area contributed by atoms with Crippen LogP contribution in [0.1, 0.15) is 44.3 Å². The lowest BCUT2D eigenvalue weighted by molar-refractivity contribution is 0.117. The van der Waals surface area contributed by atoms with E-state index in [2.05, 4.69) is 27.8 Å². The molecule has 1 heterocycles. The zero-order valence-corrected chi connectivity index (χ0v) is 13.3. The molecule has 3 heteroatoms. The van der Waals surface area contributed by atoms with Crippen LogP contribution in [0, 0.1) is 5.92 Å². The molecule has 2 nitrogen and oxygen atoms in total. The fourth-order valence-electron chi connectivity index (χ4n) is 2.87. The Labute approximate surface area is 124 Å². The number of halogens is 1. The van der Waals surface area contributed by atoms with Gasteiger partial charge in [0.1, 0.15) is 0 Å². The monoisotopic (exact) mass is 325 g/mol. The number of hydrogen-bond acceptors (Lipinski definition) is 2. The average Bonchev–Trinajstić information content (AvgIpc) is 2.45. The Morgan fingerprint density at radius 3 is 3.05 bits per heavy atom. The molecule has 19 heavy (non-hydrogen) atoms. The second-order valence-electron chi connectivity index (χ2n) is 5.58. The molecule has 0 aromatic heterocycles. The van der Waals surface area contributed by atoms with Gasteiger partial charge in [0, 0.05) is 17.6 Å². The molecule has 1 aliphatic heterocycles. The quantitative estimate of drug-likeness (QED) is 0.884. The van der Waals surface area contributed by atoms with Crippen LogP contribution in [0.5, 0.6) is 0 Å². The summed E-state index contributed by atoms with van der Waals surface area (Å²) in [5.74, 6) is 0.858. The second-order valence-corrected chi connectivity index (χ2v) is 6.49. The van der Waals surface area contributed by atoms with Gasteiger partial charge in [-0.3, -0.25) is 0 Å². The van der Waals surface area contributed by atoms with Crippen LogP contribution in [0.4, 0.5) is 0 Å². The van der Waals surface area contributed by atoms with Crippen LogP contribution < -0.4 is 0 Å². The first-order valence-electron chi connectivity index (χ1n) is 7.35. The predicted octanol–water partition coefficient (Wildman–Crippen LogP) is 3.99. The van der Waals surface area contributed by atoms with Crippen LogP contribution in [-0.4, -0.2) is 29.6 Å². The highest BCUT2D eigenvalue weighted by atomic mass is 79.9. The van der Waals surface area contributed by atoms with Gasteiger partial charge in [0.2, 0.25) is 0 Å². The fraction of sp³-hybridized carbons (Fsp3) is 0.625. The largest absolute Gasteiger partial charge is 0.388 e. The van der Waals surface area contributed by atoms with Crippen molar-refractivity contribution in [2.45, 2.75) is 38.7 Å². The number of hydrogen-bond donors (Lipinski definition) is 1. The van der Waals surface area contributed by atoms with Gasteiger partial charge in [0.05, 0.1) is 6.10 Å². The lowest BCUT2D eigenvalue weighted by atomic mass is 9.95. The highest BCUT2D eigenvalue weighted by Gasteiger charge is 2.19. The first-order chi connectivity index (χ1) is 9.19. The van der Waals surface area contributed by atoms with E-state index < -0.39 is 0 Å². The molecule has 0 spiro atoms. The van der Waals surface area contributed by atoms with E-state index in [9.17, 15) is 5.11 Å². The van der Waals surface area contributed by atoms with Gasteiger partial charge in [-0.15, -0.1) is 0 Å². The van der Waals surface area contributed by atoms with Crippen molar-refractivity contribution in [1.29, 1.82) is 0 Å². The summed E-state index contributed by atoms with van der Waals surface area (Å²) in [6, 6.07) is 7.99. The Kier molecular flexibility index (Phi) is 5.86. The first kappa shape index (κ1) is 15.0. The number of piperidine rings is 1. The molecule has 0 saturated carbocycles. The molecule has 1 fully saturated rings. The maximum absolute atomic E-state index is 10.3. The van der Waals surface area contributed by atoms with Gasteiger partial charge >= 0.3 is 0 Å². The maximum atomic E-state index is 10.3. The summed E-state index contributed by atoms with van der Waals surface area (Å²) in [5.41, 5.74) is 1.01. The van der Waals surface area contributed by atoms with Crippen LogP contribution in [0.25, 0.3) is 0 Å². The van der Waals surface area contributed by atoms with Crippen molar-refractivity contribution < 1.29 is 5.11 Å². The molecule has 2 rings (SSSR count). The van der Waals surface area contributed by atoms with E-state index in [0.29, 0.717) is 0 Å². The van der Waals surface area contributed by atoms with Crippen LogP contribution in [0.2, 0.25) is 0 Å². The normalized spacial score (nSPS) is 22.4. The summed E-state index contributed by atoms with van der Waals surface area (Å²) < 4.78 is 1.04. The second kappa shape index (κ2) is 7.41. The van der Waals surface area contributed by atoms with E-state index in [-0.39, 0.29) is 6.10 Å². The molecule has 1 aliphatic rings. The molecule has 0 bridgehead atoms. The van der Waals surface area contributed by atoms with Crippen molar-refractivity contribution in [3.63, 3.8) is 0 Å². The third kappa shape index (κ3) is 4.59. The van der Waals surface area contributed by atoms with Crippen LogP contribution in [0.3, 0.4) is 0 Å². The third-order valence-electron chi connectivity index (χ3n) is 4.13. The molecule has 0 aliphatic carbocycles. The van der Waals surface area contributed by atoms with Gasteiger partial charge in [-0.05, 0) is 49.4 Å². The Bertz CT molecular complexity index is 396. The fourth-order valence-corrected chi connectivity index (χ4v) is 3.29. The number of likely N-dealkylation sites (tertiary alicyclic amines) is 1. The Hall–Kier alpha value is -0.380. The molecule has 2 unspecified atom stereocenters. The standard InChI is InChI=1S/C16H24BrNO/c1-2-13-5-4-9-18(12-13)10-8-16(19)14-6-3-7-15(17)11-14/h3,6-7,11,13,16,19H,2,4-5,8-10,12H2,1H3. The highest BCUT2D eigenvalue weighted by molar-refractivity contribution is 9.10. The lowest BCUT2D eigenvalue weighted by Crippen LogP contribution is -2.36. The van der Waals surface area contributed by atoms with Crippen LogP contribution in [0.15, 0.2) is 28.7 Å². The highest BCUT2D eigenvalue weighted by Crippen LogP contribution is 2.23. The molecule has 0 radical (unpaired) electrons. The molecule has 1 aromatic rings. The Morgan fingerprint density at radius 2 is 2.32 bits per heavy atom. The number of aliphatic hydroxyl groups is 1. The summed E-state index contributed by atoms with van der Waals surface area (Å²) in [5, 5.41) is 10.3. The molecule has 1 aromatic carbocycles. The van der Waals surface area contributed by atoms with Gasteiger partial charge in [-0.25, -0.2) is 0 Å². The number of nitrogens with zero attached hydrogens (tertiary/aromatic N) is 1. The predicted molar refractivity (Wildman–Crippen MR) is 83.2 cm³/mol. The summed E-state index contributed by atoms with van der Waals surface area (Å²) >= 11 is 3.45. The molecule has 2 atom stereocenters. The van der Waals surface area contributed by atoms with Crippen molar-refractivity contribution in [1.82, 2.24) is 4.90 Å². The van der Waals surface area contributed by atoms with Crippen molar-refractivity contribution in [2.24, 2.45) is 5.92 Å². The van der Waals surface area contributed by atoms with E-state index in [4.69, 9.17) is 0 Å². The van der Waals surface area contributed by atoms with Crippen molar-refractivity contribution in [3.05, 3.63) is 34.3 Å².